The van der Waals surface area contributed by atoms with E-state index in [4.69, 9.17) is 18.0 Å². The molecule has 1 rings (SSSR count). The van der Waals surface area contributed by atoms with Crippen molar-refractivity contribution in [2.75, 3.05) is 0 Å². The van der Waals surface area contributed by atoms with E-state index in [1.165, 1.54) is 5.69 Å². The number of amides is 1. The standard InChI is InChI=1S/C10H17N3OS/c1-2-8-7-12-10(15)13(8)6-4-3-5-9(11)14/h7H,2-6H2,1H3,(H2,11,14)(H,12,15). The van der Waals surface area contributed by atoms with Crippen molar-refractivity contribution in [2.45, 2.75) is 39.2 Å². The number of aromatic nitrogens is 2. The van der Waals surface area contributed by atoms with E-state index in [-0.39, 0.29) is 5.91 Å². The van der Waals surface area contributed by atoms with Gasteiger partial charge in [-0.25, -0.2) is 0 Å². The highest BCUT2D eigenvalue weighted by Gasteiger charge is 2.01. The van der Waals surface area contributed by atoms with Crippen molar-refractivity contribution in [1.29, 1.82) is 0 Å². The molecule has 4 nitrogen and oxygen atoms in total. The monoisotopic (exact) mass is 227 g/mol. The molecule has 0 aliphatic rings. The van der Waals surface area contributed by atoms with E-state index in [1.54, 1.807) is 0 Å². The van der Waals surface area contributed by atoms with Gasteiger partial charge in [-0.2, -0.15) is 0 Å². The highest BCUT2D eigenvalue weighted by Crippen LogP contribution is 2.06. The largest absolute Gasteiger partial charge is 0.370 e. The Bertz CT molecular complexity index is 380. The molecule has 15 heavy (non-hydrogen) atoms. The van der Waals surface area contributed by atoms with Gasteiger partial charge in [-0.3, -0.25) is 4.79 Å². The van der Waals surface area contributed by atoms with Crippen molar-refractivity contribution >= 4 is 18.1 Å². The van der Waals surface area contributed by atoms with Crippen LogP contribution in [0.5, 0.6) is 0 Å². The van der Waals surface area contributed by atoms with Gasteiger partial charge in [0.05, 0.1) is 0 Å². The van der Waals surface area contributed by atoms with E-state index in [2.05, 4.69) is 16.5 Å². The zero-order valence-corrected chi connectivity index (χ0v) is 9.77. The van der Waals surface area contributed by atoms with Crippen LogP contribution in [0.15, 0.2) is 6.20 Å². The van der Waals surface area contributed by atoms with Crippen molar-refractivity contribution in [3.8, 4) is 0 Å². The molecule has 1 aromatic heterocycles. The first-order valence-corrected chi connectivity index (χ1v) is 5.61. The second kappa shape index (κ2) is 5.70. The number of hydrogen-bond acceptors (Lipinski definition) is 2. The van der Waals surface area contributed by atoms with Crippen LogP contribution in [0.4, 0.5) is 0 Å². The Morgan fingerprint density at radius 3 is 2.93 bits per heavy atom. The number of carbonyl (C=O) groups excluding carboxylic acids is 1. The lowest BCUT2D eigenvalue weighted by atomic mass is 10.2. The fourth-order valence-electron chi connectivity index (χ4n) is 1.54. The summed E-state index contributed by atoms with van der Waals surface area (Å²) in [6.45, 7) is 2.96. The molecule has 84 valence electrons. The summed E-state index contributed by atoms with van der Waals surface area (Å²) in [7, 11) is 0. The molecule has 5 heteroatoms. The van der Waals surface area contributed by atoms with Crippen LogP contribution in [0.3, 0.4) is 0 Å². The minimum absolute atomic E-state index is 0.233. The molecule has 0 radical (unpaired) electrons. The van der Waals surface area contributed by atoms with Crippen LogP contribution >= 0.6 is 12.2 Å². The molecular formula is C10H17N3OS. The van der Waals surface area contributed by atoms with E-state index in [1.807, 2.05) is 6.20 Å². The van der Waals surface area contributed by atoms with Crippen LogP contribution in [-0.2, 0) is 17.8 Å². The molecule has 0 fully saturated rings. The number of primary amides is 1. The molecule has 3 N–H and O–H groups in total. The molecule has 0 aromatic carbocycles. The molecule has 0 saturated carbocycles. The van der Waals surface area contributed by atoms with Gasteiger partial charge >= 0.3 is 0 Å². The topological polar surface area (TPSA) is 63.8 Å². The minimum atomic E-state index is -0.233. The second-order valence-corrected chi connectivity index (χ2v) is 3.90. The number of H-pyrrole nitrogens is 1. The molecule has 0 bridgehead atoms. The number of imidazole rings is 1. The van der Waals surface area contributed by atoms with Crippen LogP contribution in [0.2, 0.25) is 0 Å². The Kier molecular flexibility index (Phi) is 4.55. The SMILES string of the molecule is CCc1c[nH]c(=S)n1CCCCC(N)=O. The van der Waals surface area contributed by atoms with Crippen molar-refractivity contribution in [3.63, 3.8) is 0 Å². The minimum Gasteiger partial charge on any atom is -0.370 e. The molecule has 0 atom stereocenters. The Balaban J connectivity index is 2.46. The fourth-order valence-corrected chi connectivity index (χ4v) is 1.81. The molecule has 1 aromatic rings. The summed E-state index contributed by atoms with van der Waals surface area (Å²) in [5.74, 6) is -0.233. The third-order valence-electron chi connectivity index (χ3n) is 2.37. The van der Waals surface area contributed by atoms with Gasteiger partial charge in [0.1, 0.15) is 0 Å². The fraction of sp³-hybridized carbons (Fsp3) is 0.600. The Morgan fingerprint density at radius 1 is 1.60 bits per heavy atom. The summed E-state index contributed by atoms with van der Waals surface area (Å²) in [5.41, 5.74) is 6.27. The molecule has 0 saturated heterocycles. The number of carbonyl (C=O) groups is 1. The quantitative estimate of drug-likeness (QED) is 0.574. The van der Waals surface area contributed by atoms with Crippen molar-refractivity contribution in [2.24, 2.45) is 5.73 Å². The molecule has 0 aliphatic carbocycles. The number of rotatable bonds is 6. The van der Waals surface area contributed by atoms with Crippen molar-refractivity contribution in [1.82, 2.24) is 9.55 Å². The number of hydrogen-bond donors (Lipinski definition) is 2. The summed E-state index contributed by atoms with van der Waals surface area (Å²) in [6, 6.07) is 0. The molecule has 0 aliphatic heterocycles. The number of unbranched alkanes of at least 4 members (excludes halogenated alkanes) is 1. The van der Waals surface area contributed by atoms with Crippen LogP contribution < -0.4 is 5.73 Å². The first kappa shape index (κ1) is 12.0. The Labute approximate surface area is 94.5 Å². The zero-order valence-electron chi connectivity index (χ0n) is 8.95. The van der Waals surface area contributed by atoms with E-state index in [0.29, 0.717) is 6.42 Å². The molecule has 0 unspecified atom stereocenters. The van der Waals surface area contributed by atoms with Gasteiger partial charge in [-0.15, -0.1) is 0 Å². The summed E-state index contributed by atoms with van der Waals surface area (Å²) >= 11 is 5.16. The second-order valence-electron chi connectivity index (χ2n) is 3.51. The highest BCUT2D eigenvalue weighted by atomic mass is 32.1. The maximum absolute atomic E-state index is 10.5. The summed E-state index contributed by atoms with van der Waals surface area (Å²) in [6.07, 6.45) is 5.12. The number of nitrogens with two attached hydrogens (primary N) is 1. The highest BCUT2D eigenvalue weighted by molar-refractivity contribution is 7.71. The van der Waals surface area contributed by atoms with Gasteiger partial charge < -0.3 is 15.3 Å². The number of aryl methyl sites for hydroxylation is 1. The maximum Gasteiger partial charge on any atom is 0.217 e. The van der Waals surface area contributed by atoms with Gasteiger partial charge in [0.25, 0.3) is 0 Å². The van der Waals surface area contributed by atoms with Gasteiger partial charge in [0, 0.05) is 24.9 Å². The summed E-state index contributed by atoms with van der Waals surface area (Å²) in [4.78, 5) is 13.6. The van der Waals surface area contributed by atoms with Crippen LogP contribution in [0.25, 0.3) is 0 Å². The van der Waals surface area contributed by atoms with Crippen LogP contribution in [0, 0.1) is 4.77 Å². The lowest BCUT2D eigenvalue weighted by Gasteiger charge is -2.05. The summed E-state index contributed by atoms with van der Waals surface area (Å²) < 4.78 is 2.84. The molecule has 0 spiro atoms. The van der Waals surface area contributed by atoms with Crippen LogP contribution in [0.1, 0.15) is 31.9 Å². The van der Waals surface area contributed by atoms with E-state index in [9.17, 15) is 4.79 Å². The lowest BCUT2D eigenvalue weighted by Crippen LogP contribution is -2.10. The predicted molar refractivity (Wildman–Crippen MR) is 62.0 cm³/mol. The van der Waals surface area contributed by atoms with Crippen molar-refractivity contribution < 1.29 is 4.79 Å². The average molecular weight is 227 g/mol. The third kappa shape index (κ3) is 3.51. The average Bonchev–Trinajstić information content (AvgIpc) is 2.54. The van der Waals surface area contributed by atoms with E-state index in [0.717, 1.165) is 30.6 Å². The first-order chi connectivity index (χ1) is 7.15. The molecule has 1 heterocycles. The van der Waals surface area contributed by atoms with Gasteiger partial charge in [0.2, 0.25) is 5.91 Å². The van der Waals surface area contributed by atoms with E-state index >= 15 is 0 Å². The van der Waals surface area contributed by atoms with E-state index < -0.39 is 0 Å². The smallest absolute Gasteiger partial charge is 0.217 e. The number of nitrogens with one attached hydrogen (secondary N) is 1. The molecular weight excluding hydrogens is 210 g/mol. The predicted octanol–water partition coefficient (Wildman–Crippen LogP) is 1.76. The maximum atomic E-state index is 10.5. The summed E-state index contributed by atoms with van der Waals surface area (Å²) in [5, 5.41) is 0. The van der Waals surface area contributed by atoms with Gasteiger partial charge in [-0.05, 0) is 31.5 Å². The Morgan fingerprint density at radius 2 is 2.33 bits per heavy atom. The Hall–Kier alpha value is -1.10. The first-order valence-electron chi connectivity index (χ1n) is 5.20. The molecule has 1 amide bonds. The lowest BCUT2D eigenvalue weighted by molar-refractivity contribution is -0.118. The third-order valence-corrected chi connectivity index (χ3v) is 2.71. The number of aromatic amines is 1. The van der Waals surface area contributed by atoms with Gasteiger partial charge in [-0.1, -0.05) is 6.92 Å². The zero-order chi connectivity index (χ0) is 11.3. The number of nitrogens with zero attached hydrogens (tertiary/aromatic N) is 1. The van der Waals surface area contributed by atoms with Gasteiger partial charge in [0.15, 0.2) is 4.77 Å². The van der Waals surface area contributed by atoms with Crippen molar-refractivity contribution in [3.05, 3.63) is 16.7 Å². The van der Waals surface area contributed by atoms with Crippen LogP contribution in [-0.4, -0.2) is 15.5 Å². The normalized spacial score (nSPS) is 10.5.